The molecule has 0 aromatic carbocycles. The highest BCUT2D eigenvalue weighted by Gasteiger charge is 2.57. The summed E-state index contributed by atoms with van der Waals surface area (Å²) in [6.07, 6.45) is 5.08. The predicted molar refractivity (Wildman–Crippen MR) is 104 cm³/mol. The number of carbonyl (C=O) groups is 1. The number of carbonyl (C=O) groups excluding carboxylic acids is 1. The van der Waals surface area contributed by atoms with Gasteiger partial charge in [0.2, 0.25) is 5.13 Å². The van der Waals surface area contributed by atoms with E-state index in [-0.39, 0.29) is 34.6 Å². The van der Waals surface area contributed by atoms with Crippen LogP contribution >= 0.6 is 11.5 Å². The molecule has 2 N–H and O–H groups in total. The Kier molecular flexibility index (Phi) is 4.71. The van der Waals surface area contributed by atoms with Crippen molar-refractivity contribution in [3.8, 4) is 0 Å². The molecule has 1 aromatic heterocycles. The minimum absolute atomic E-state index is 0.0311. The van der Waals surface area contributed by atoms with Crippen molar-refractivity contribution in [2.45, 2.75) is 83.0 Å². The summed E-state index contributed by atoms with van der Waals surface area (Å²) < 4.78 is 16.3. The maximum atomic E-state index is 12.6. The minimum Gasteiger partial charge on any atom is -0.381 e. The van der Waals surface area contributed by atoms with Gasteiger partial charge in [-0.3, -0.25) is 5.32 Å². The third kappa shape index (κ3) is 3.84. The standard InChI is InChI=1S/C19H30N4O3S/c1-17(2,3)26-13-11-12(19(13)7-9-25-10-8-19)20-15(24)22-16-21-14(23-27-16)18(4)5-6-18/h12-13H,5-11H2,1-4H3,(H2,20,21,22,23,24). The van der Waals surface area contributed by atoms with E-state index in [1.807, 2.05) is 0 Å². The lowest BCUT2D eigenvalue weighted by atomic mass is 9.57. The van der Waals surface area contributed by atoms with Gasteiger partial charge in [0.1, 0.15) is 0 Å². The van der Waals surface area contributed by atoms with Gasteiger partial charge in [0.05, 0.1) is 11.7 Å². The van der Waals surface area contributed by atoms with E-state index >= 15 is 0 Å². The van der Waals surface area contributed by atoms with Gasteiger partial charge in [-0.05, 0) is 52.9 Å². The van der Waals surface area contributed by atoms with Gasteiger partial charge in [0.15, 0.2) is 5.82 Å². The van der Waals surface area contributed by atoms with Crippen LogP contribution in [0, 0.1) is 5.41 Å². The van der Waals surface area contributed by atoms with Gasteiger partial charge in [0, 0.05) is 41.6 Å². The second kappa shape index (κ2) is 6.67. The first-order chi connectivity index (χ1) is 12.7. The van der Waals surface area contributed by atoms with Crippen molar-refractivity contribution < 1.29 is 14.3 Å². The average Bonchev–Trinajstić information content (AvgIpc) is 3.17. The fraction of sp³-hybridized carbons (Fsp3) is 0.842. The van der Waals surface area contributed by atoms with Crippen molar-refractivity contribution in [3.63, 3.8) is 0 Å². The molecular formula is C19H30N4O3S. The van der Waals surface area contributed by atoms with E-state index in [2.05, 4.69) is 47.7 Å². The van der Waals surface area contributed by atoms with Gasteiger partial charge in [-0.25, -0.2) is 9.78 Å². The molecule has 2 heterocycles. The molecule has 3 aliphatic rings. The third-order valence-electron chi connectivity index (χ3n) is 6.20. The van der Waals surface area contributed by atoms with Crippen LogP contribution in [0.5, 0.6) is 0 Å². The summed E-state index contributed by atoms with van der Waals surface area (Å²) >= 11 is 1.26. The Bertz CT molecular complexity index is 704. The van der Waals surface area contributed by atoms with Crippen molar-refractivity contribution in [2.24, 2.45) is 5.41 Å². The number of hydrogen-bond donors (Lipinski definition) is 2. The Hall–Kier alpha value is -1.25. The maximum absolute atomic E-state index is 12.6. The molecule has 27 heavy (non-hydrogen) atoms. The molecule has 1 aliphatic heterocycles. The maximum Gasteiger partial charge on any atom is 0.321 e. The van der Waals surface area contributed by atoms with Gasteiger partial charge in [-0.2, -0.15) is 4.37 Å². The quantitative estimate of drug-likeness (QED) is 0.817. The highest BCUT2D eigenvalue weighted by Crippen LogP contribution is 2.52. The minimum atomic E-state index is -0.205. The lowest BCUT2D eigenvalue weighted by Crippen LogP contribution is -2.67. The number of aromatic nitrogens is 2. The lowest BCUT2D eigenvalue weighted by molar-refractivity contribution is -0.209. The number of rotatable bonds is 4. The zero-order valence-electron chi connectivity index (χ0n) is 16.6. The van der Waals surface area contributed by atoms with E-state index in [0.29, 0.717) is 5.13 Å². The topological polar surface area (TPSA) is 85.4 Å². The second-order valence-electron chi connectivity index (χ2n) is 9.43. The summed E-state index contributed by atoms with van der Waals surface area (Å²) in [4.78, 5) is 17.0. The third-order valence-corrected chi connectivity index (χ3v) is 6.83. The first-order valence-electron chi connectivity index (χ1n) is 9.88. The van der Waals surface area contributed by atoms with Gasteiger partial charge >= 0.3 is 6.03 Å². The Morgan fingerprint density at radius 2 is 1.96 bits per heavy atom. The summed E-state index contributed by atoms with van der Waals surface area (Å²) in [5, 5.41) is 6.60. The lowest BCUT2D eigenvalue weighted by Gasteiger charge is -2.58. The van der Waals surface area contributed by atoms with Crippen molar-refractivity contribution in [1.29, 1.82) is 0 Å². The summed E-state index contributed by atoms with van der Waals surface area (Å²) in [7, 11) is 0. The molecule has 1 saturated heterocycles. The van der Waals surface area contributed by atoms with Crippen LogP contribution in [0.25, 0.3) is 0 Å². The van der Waals surface area contributed by atoms with Crippen LogP contribution in [0.2, 0.25) is 0 Å². The molecule has 1 aromatic rings. The smallest absolute Gasteiger partial charge is 0.321 e. The average molecular weight is 395 g/mol. The van der Waals surface area contributed by atoms with Gasteiger partial charge in [0.25, 0.3) is 0 Å². The molecule has 3 fully saturated rings. The summed E-state index contributed by atoms with van der Waals surface area (Å²) in [5.41, 5.74) is -0.105. The van der Waals surface area contributed by atoms with Crippen molar-refractivity contribution in [3.05, 3.63) is 5.82 Å². The Morgan fingerprint density at radius 1 is 1.26 bits per heavy atom. The van der Waals surface area contributed by atoms with Crippen molar-refractivity contribution >= 4 is 22.7 Å². The molecule has 2 unspecified atom stereocenters. The van der Waals surface area contributed by atoms with Gasteiger partial charge in [-0.15, -0.1) is 0 Å². The van der Waals surface area contributed by atoms with Gasteiger partial charge in [-0.1, -0.05) is 6.92 Å². The zero-order chi connectivity index (χ0) is 19.3. The number of hydrogen-bond acceptors (Lipinski definition) is 6. The molecule has 1 spiro atoms. The molecule has 2 atom stereocenters. The molecule has 2 aliphatic carbocycles. The molecule has 150 valence electrons. The first-order valence-corrected chi connectivity index (χ1v) is 10.6. The Labute approximate surface area is 164 Å². The van der Waals surface area contributed by atoms with E-state index < -0.39 is 0 Å². The van der Waals surface area contributed by atoms with Crippen LogP contribution in [-0.2, 0) is 14.9 Å². The van der Waals surface area contributed by atoms with E-state index in [9.17, 15) is 4.79 Å². The van der Waals surface area contributed by atoms with E-state index in [4.69, 9.17) is 9.47 Å². The highest BCUT2D eigenvalue weighted by molar-refractivity contribution is 7.09. The van der Waals surface area contributed by atoms with Crippen LogP contribution in [0.3, 0.4) is 0 Å². The first kappa shape index (κ1) is 19.1. The number of nitrogens with one attached hydrogen (secondary N) is 2. The Morgan fingerprint density at radius 3 is 2.59 bits per heavy atom. The van der Waals surface area contributed by atoms with Crippen LogP contribution < -0.4 is 10.6 Å². The molecule has 0 radical (unpaired) electrons. The summed E-state index contributed by atoms with van der Waals surface area (Å²) in [6, 6.07) is -0.106. The molecule has 2 saturated carbocycles. The second-order valence-corrected chi connectivity index (χ2v) is 10.2. The molecule has 7 nitrogen and oxygen atoms in total. The summed E-state index contributed by atoms with van der Waals surface area (Å²) in [5.74, 6) is 0.853. The number of urea groups is 1. The number of ether oxygens (including phenoxy) is 2. The van der Waals surface area contributed by atoms with Crippen LogP contribution in [0.15, 0.2) is 0 Å². The van der Waals surface area contributed by atoms with Crippen molar-refractivity contribution in [2.75, 3.05) is 18.5 Å². The molecule has 4 rings (SSSR count). The van der Waals surface area contributed by atoms with E-state index in [1.165, 1.54) is 11.5 Å². The fourth-order valence-electron chi connectivity index (χ4n) is 4.19. The largest absolute Gasteiger partial charge is 0.381 e. The molecule has 8 heteroatoms. The molecule has 0 bridgehead atoms. The molecular weight excluding hydrogens is 364 g/mol. The molecule has 2 amide bonds. The number of nitrogens with zero attached hydrogens (tertiary/aromatic N) is 2. The predicted octanol–water partition coefficient (Wildman–Crippen LogP) is 3.46. The zero-order valence-corrected chi connectivity index (χ0v) is 17.4. The monoisotopic (exact) mass is 394 g/mol. The van der Waals surface area contributed by atoms with Crippen molar-refractivity contribution in [1.82, 2.24) is 14.7 Å². The summed E-state index contributed by atoms with van der Waals surface area (Å²) in [6.45, 7) is 9.87. The van der Waals surface area contributed by atoms with Crippen LogP contribution in [0.4, 0.5) is 9.93 Å². The van der Waals surface area contributed by atoms with Crippen LogP contribution in [0.1, 0.15) is 65.6 Å². The highest BCUT2D eigenvalue weighted by atomic mass is 32.1. The van der Waals surface area contributed by atoms with Crippen LogP contribution in [-0.4, -0.2) is 46.3 Å². The number of anilines is 1. The number of amides is 2. The normalized spacial score (nSPS) is 28.4. The Balaban J connectivity index is 1.37. The van der Waals surface area contributed by atoms with E-state index in [0.717, 1.165) is 51.1 Å². The fourth-order valence-corrected chi connectivity index (χ4v) is 4.89. The SMILES string of the molecule is CC(C)(C)OC1CC(NC(=O)Nc2nc(C3(C)CC3)ns2)C12CCOCC2. The van der Waals surface area contributed by atoms with Gasteiger partial charge < -0.3 is 14.8 Å². The van der Waals surface area contributed by atoms with E-state index in [1.54, 1.807) is 0 Å².